The molecule has 10 nitrogen and oxygen atoms in total. The van der Waals surface area contributed by atoms with Crippen molar-refractivity contribution in [2.45, 2.75) is 38.1 Å². The van der Waals surface area contributed by atoms with Crippen molar-refractivity contribution in [1.82, 2.24) is 24.9 Å². The first-order valence-electron chi connectivity index (χ1n) is 12.1. The Balaban J connectivity index is 1.44. The summed E-state index contributed by atoms with van der Waals surface area (Å²) in [6.45, 7) is 2.42. The molecule has 0 bridgehead atoms. The lowest BCUT2D eigenvalue weighted by molar-refractivity contribution is 0.0597. The molecule has 0 spiro atoms. The minimum atomic E-state index is -4.16. The van der Waals surface area contributed by atoms with Gasteiger partial charge in [0.1, 0.15) is 0 Å². The highest BCUT2D eigenvalue weighted by atomic mass is 32.2. The highest BCUT2D eigenvalue weighted by Gasteiger charge is 2.34. The number of amides is 1. The maximum absolute atomic E-state index is 13.7. The van der Waals surface area contributed by atoms with Gasteiger partial charge in [0.25, 0.3) is 16.0 Å². The predicted octanol–water partition coefficient (Wildman–Crippen LogP) is 3.76. The molecular formula is C26H27N5O5S. The molecule has 1 aliphatic rings. The highest BCUT2D eigenvalue weighted by molar-refractivity contribution is 7.85. The van der Waals surface area contributed by atoms with Crippen LogP contribution in [0.2, 0.25) is 0 Å². The number of nitrogens with zero attached hydrogens (tertiary/aromatic N) is 5. The summed E-state index contributed by atoms with van der Waals surface area (Å²) < 4.78 is 38.3. The van der Waals surface area contributed by atoms with Crippen LogP contribution in [-0.2, 0) is 16.5 Å². The van der Waals surface area contributed by atoms with Gasteiger partial charge in [0, 0.05) is 24.6 Å². The second kappa shape index (κ2) is 10.3. The Kier molecular flexibility index (Phi) is 6.90. The maximum Gasteiger partial charge on any atom is 0.265 e. The summed E-state index contributed by atoms with van der Waals surface area (Å²) in [7, 11) is -4.16. The molecule has 1 amide bonds. The zero-order chi connectivity index (χ0) is 26.0. The number of benzene rings is 2. The molecule has 0 aliphatic carbocycles. The number of rotatable bonds is 7. The van der Waals surface area contributed by atoms with E-state index in [2.05, 4.69) is 15.2 Å². The van der Waals surface area contributed by atoms with Gasteiger partial charge in [-0.3, -0.25) is 9.35 Å². The molecule has 2 atom stereocenters. The number of likely N-dealkylation sites (tertiary alicyclic amines) is 1. The average molecular weight is 522 g/mol. The summed E-state index contributed by atoms with van der Waals surface area (Å²) in [5, 5.41) is 8.36. The SMILES string of the molecule is C[C@@H]1CC[C@@H](c2nc(CCS(=O)(=O)O)c(-c3ccccc3)o2)CN1C(=O)c1ccccc1-n1nccn1. The van der Waals surface area contributed by atoms with Crippen LogP contribution in [0, 0.1) is 0 Å². The lowest BCUT2D eigenvalue weighted by Crippen LogP contribution is -2.45. The zero-order valence-electron chi connectivity index (χ0n) is 20.3. The summed E-state index contributed by atoms with van der Waals surface area (Å²) in [6.07, 6.45) is 4.66. The quantitative estimate of drug-likeness (QED) is 0.364. The van der Waals surface area contributed by atoms with Gasteiger partial charge in [-0.2, -0.15) is 23.4 Å². The predicted molar refractivity (Wildman–Crippen MR) is 136 cm³/mol. The van der Waals surface area contributed by atoms with E-state index in [1.54, 1.807) is 24.5 Å². The lowest BCUT2D eigenvalue weighted by Gasteiger charge is -2.37. The maximum atomic E-state index is 13.7. The van der Waals surface area contributed by atoms with Gasteiger partial charge in [0.05, 0.1) is 41.0 Å². The van der Waals surface area contributed by atoms with Crippen molar-refractivity contribution in [3.63, 3.8) is 0 Å². The highest BCUT2D eigenvalue weighted by Crippen LogP contribution is 2.35. The molecule has 2 aromatic heterocycles. The first kappa shape index (κ1) is 24.8. The Morgan fingerprint density at radius 3 is 2.49 bits per heavy atom. The fourth-order valence-electron chi connectivity index (χ4n) is 4.67. The standard InChI is InChI=1S/C26H27N5O5S/c1-18-11-12-20(17-30(18)26(32)21-9-5-6-10-23(21)31-27-14-15-28-31)25-29-22(13-16-37(33,34)35)24(36-25)19-7-3-2-4-8-19/h2-10,14-15,18,20H,11-13,16-17H2,1H3,(H,33,34,35)/t18-,20-/m1/s1. The Hall–Kier alpha value is -3.83. The minimum Gasteiger partial charge on any atom is -0.440 e. The fraction of sp³-hybridized carbons (Fsp3) is 0.308. The van der Waals surface area contributed by atoms with Gasteiger partial charge in [-0.1, -0.05) is 42.5 Å². The Morgan fingerprint density at radius 1 is 1.05 bits per heavy atom. The van der Waals surface area contributed by atoms with E-state index in [0.717, 1.165) is 18.4 Å². The van der Waals surface area contributed by atoms with Crippen LogP contribution in [0.25, 0.3) is 17.0 Å². The van der Waals surface area contributed by atoms with Crippen LogP contribution in [0.4, 0.5) is 0 Å². The van der Waals surface area contributed by atoms with Gasteiger partial charge in [0.15, 0.2) is 11.7 Å². The fourth-order valence-corrected chi connectivity index (χ4v) is 5.12. The van der Waals surface area contributed by atoms with Crippen molar-refractivity contribution in [2.24, 2.45) is 0 Å². The van der Waals surface area contributed by atoms with E-state index in [0.29, 0.717) is 35.1 Å². The van der Waals surface area contributed by atoms with Gasteiger partial charge < -0.3 is 9.32 Å². The van der Waals surface area contributed by atoms with Crippen molar-refractivity contribution < 1.29 is 22.2 Å². The Labute approximate surface area is 214 Å². The Bertz CT molecular complexity index is 1480. The van der Waals surface area contributed by atoms with Crippen molar-refractivity contribution in [3.8, 4) is 17.0 Å². The molecule has 2 aromatic carbocycles. The summed E-state index contributed by atoms with van der Waals surface area (Å²) in [5.41, 5.74) is 2.33. The smallest absolute Gasteiger partial charge is 0.265 e. The van der Waals surface area contributed by atoms with Gasteiger partial charge in [0.2, 0.25) is 0 Å². The number of piperidine rings is 1. The molecule has 5 rings (SSSR count). The number of oxazole rings is 1. The topological polar surface area (TPSA) is 131 Å². The summed E-state index contributed by atoms with van der Waals surface area (Å²) in [4.78, 5) is 21.6. The van der Waals surface area contributed by atoms with E-state index in [4.69, 9.17) is 4.42 Å². The number of carbonyl (C=O) groups excluding carboxylic acids is 1. The molecule has 0 saturated carbocycles. The molecule has 1 aliphatic heterocycles. The van der Waals surface area contributed by atoms with Gasteiger partial charge in [-0.15, -0.1) is 0 Å². The molecule has 192 valence electrons. The van der Waals surface area contributed by atoms with Crippen LogP contribution in [0.15, 0.2) is 71.4 Å². The van der Waals surface area contributed by atoms with Crippen LogP contribution in [0.5, 0.6) is 0 Å². The third-order valence-electron chi connectivity index (χ3n) is 6.61. The average Bonchev–Trinajstić information content (AvgIpc) is 3.58. The van der Waals surface area contributed by atoms with E-state index < -0.39 is 15.9 Å². The van der Waals surface area contributed by atoms with Gasteiger partial charge >= 0.3 is 0 Å². The van der Waals surface area contributed by atoms with Crippen molar-refractivity contribution >= 4 is 16.0 Å². The molecule has 1 fully saturated rings. The van der Waals surface area contributed by atoms with Gasteiger partial charge in [-0.25, -0.2) is 4.98 Å². The molecule has 1 saturated heterocycles. The zero-order valence-corrected chi connectivity index (χ0v) is 21.1. The molecule has 0 radical (unpaired) electrons. The minimum absolute atomic E-state index is 0.00458. The van der Waals surface area contributed by atoms with E-state index in [9.17, 15) is 17.8 Å². The van der Waals surface area contributed by atoms with E-state index in [-0.39, 0.29) is 24.3 Å². The van der Waals surface area contributed by atoms with Gasteiger partial charge in [-0.05, 0) is 31.9 Å². The van der Waals surface area contributed by atoms with Crippen LogP contribution >= 0.6 is 0 Å². The van der Waals surface area contributed by atoms with Crippen LogP contribution < -0.4 is 0 Å². The largest absolute Gasteiger partial charge is 0.440 e. The number of aromatic nitrogens is 4. The molecule has 0 unspecified atom stereocenters. The van der Waals surface area contributed by atoms with Crippen molar-refractivity contribution in [1.29, 1.82) is 0 Å². The Morgan fingerprint density at radius 2 is 1.76 bits per heavy atom. The third-order valence-corrected chi connectivity index (χ3v) is 7.33. The number of hydrogen-bond donors (Lipinski definition) is 1. The molecule has 4 aromatic rings. The molecule has 11 heteroatoms. The normalized spacial score (nSPS) is 18.2. The second-order valence-corrected chi connectivity index (χ2v) is 10.7. The summed E-state index contributed by atoms with van der Waals surface area (Å²) in [5.74, 6) is 0.175. The van der Waals surface area contributed by atoms with E-state index >= 15 is 0 Å². The number of aryl methyl sites for hydroxylation is 1. The van der Waals surface area contributed by atoms with Crippen LogP contribution in [0.3, 0.4) is 0 Å². The number of para-hydroxylation sites is 1. The van der Waals surface area contributed by atoms with Crippen molar-refractivity contribution in [2.75, 3.05) is 12.3 Å². The summed E-state index contributed by atoms with van der Waals surface area (Å²) >= 11 is 0. The monoisotopic (exact) mass is 521 g/mol. The number of carbonyl (C=O) groups is 1. The molecular weight excluding hydrogens is 494 g/mol. The third kappa shape index (κ3) is 5.47. The number of hydrogen-bond acceptors (Lipinski definition) is 7. The second-order valence-electron chi connectivity index (χ2n) is 9.15. The lowest BCUT2D eigenvalue weighted by atomic mass is 9.92. The first-order valence-corrected chi connectivity index (χ1v) is 13.7. The van der Waals surface area contributed by atoms with Crippen LogP contribution in [-0.4, -0.2) is 62.1 Å². The van der Waals surface area contributed by atoms with Crippen LogP contribution in [0.1, 0.15) is 47.6 Å². The first-order chi connectivity index (χ1) is 17.8. The molecule has 37 heavy (non-hydrogen) atoms. The van der Waals surface area contributed by atoms with E-state index in [1.807, 2.05) is 54.3 Å². The molecule has 3 heterocycles. The van der Waals surface area contributed by atoms with Crippen molar-refractivity contribution in [3.05, 3.63) is 84.1 Å². The van der Waals surface area contributed by atoms with E-state index in [1.165, 1.54) is 4.80 Å². The summed E-state index contributed by atoms with van der Waals surface area (Å²) in [6, 6.07) is 16.5. The molecule has 1 N–H and O–H groups in total.